The Hall–Kier alpha value is -1.28. The summed E-state index contributed by atoms with van der Waals surface area (Å²) in [6.45, 7) is 4.01. The molecule has 0 radical (unpaired) electrons. The Bertz CT molecular complexity index is 466. The molecule has 0 spiro atoms. The fourth-order valence-corrected chi connectivity index (χ4v) is 1.50. The quantitative estimate of drug-likeness (QED) is 0.723. The molecule has 2 N–H and O–H groups in total. The lowest BCUT2D eigenvalue weighted by Crippen LogP contribution is -1.92. The summed E-state index contributed by atoms with van der Waals surface area (Å²) in [6, 6.07) is 8.03. The Morgan fingerprint density at radius 1 is 1.14 bits per heavy atom. The minimum atomic E-state index is 0. The number of pyridine rings is 1. The third kappa shape index (κ3) is 1.80. The van der Waals surface area contributed by atoms with Crippen LogP contribution in [0.4, 0.5) is 5.69 Å². The van der Waals surface area contributed by atoms with E-state index in [4.69, 9.17) is 5.73 Å². The standard InChI is InChI=1S/C11H12N2.ClH/c1-7-3-4-11-9(5-7)10(12)6-8(2)13-11;/h3-6H,1-2H3,(H2,12,13);1H. The fourth-order valence-electron chi connectivity index (χ4n) is 1.50. The highest BCUT2D eigenvalue weighted by atomic mass is 35.5. The number of hydrogen-bond acceptors (Lipinski definition) is 2. The molecule has 14 heavy (non-hydrogen) atoms. The summed E-state index contributed by atoms with van der Waals surface area (Å²) in [6.07, 6.45) is 0. The first-order valence-electron chi connectivity index (χ1n) is 4.30. The molecule has 0 amide bonds. The van der Waals surface area contributed by atoms with E-state index < -0.39 is 0 Å². The zero-order chi connectivity index (χ0) is 9.42. The lowest BCUT2D eigenvalue weighted by Gasteiger charge is -2.03. The highest BCUT2D eigenvalue weighted by Crippen LogP contribution is 2.21. The largest absolute Gasteiger partial charge is 0.398 e. The van der Waals surface area contributed by atoms with Crippen molar-refractivity contribution < 1.29 is 0 Å². The molecule has 2 rings (SSSR count). The minimum Gasteiger partial charge on any atom is -0.398 e. The second-order valence-corrected chi connectivity index (χ2v) is 3.37. The smallest absolute Gasteiger partial charge is 0.0726 e. The van der Waals surface area contributed by atoms with Crippen molar-refractivity contribution in [2.45, 2.75) is 13.8 Å². The highest BCUT2D eigenvalue weighted by molar-refractivity contribution is 5.90. The van der Waals surface area contributed by atoms with E-state index in [1.54, 1.807) is 0 Å². The topological polar surface area (TPSA) is 38.9 Å². The average Bonchev–Trinajstić information content (AvgIpc) is 2.06. The molecule has 74 valence electrons. The van der Waals surface area contributed by atoms with E-state index in [-0.39, 0.29) is 12.4 Å². The molecule has 1 aromatic heterocycles. The number of anilines is 1. The number of fused-ring (bicyclic) bond motifs is 1. The van der Waals surface area contributed by atoms with Crippen LogP contribution < -0.4 is 5.73 Å². The predicted molar refractivity (Wildman–Crippen MR) is 62.9 cm³/mol. The van der Waals surface area contributed by atoms with Crippen molar-refractivity contribution in [2.75, 3.05) is 5.73 Å². The number of halogens is 1. The van der Waals surface area contributed by atoms with E-state index >= 15 is 0 Å². The maximum atomic E-state index is 5.89. The Balaban J connectivity index is 0.000000980. The van der Waals surface area contributed by atoms with E-state index in [9.17, 15) is 0 Å². The van der Waals surface area contributed by atoms with Gasteiger partial charge in [-0.2, -0.15) is 0 Å². The Morgan fingerprint density at radius 3 is 2.57 bits per heavy atom. The molecule has 3 heteroatoms. The molecule has 0 aliphatic heterocycles. The molecule has 0 saturated carbocycles. The summed E-state index contributed by atoms with van der Waals surface area (Å²) in [5, 5.41) is 1.05. The van der Waals surface area contributed by atoms with Crippen LogP contribution >= 0.6 is 12.4 Å². The molecule has 2 nitrogen and oxygen atoms in total. The second-order valence-electron chi connectivity index (χ2n) is 3.37. The number of aryl methyl sites for hydroxylation is 2. The maximum Gasteiger partial charge on any atom is 0.0726 e. The third-order valence-electron chi connectivity index (χ3n) is 2.12. The average molecular weight is 209 g/mol. The lowest BCUT2D eigenvalue weighted by molar-refractivity contribution is 1.25. The van der Waals surface area contributed by atoms with Crippen LogP contribution in [0.3, 0.4) is 0 Å². The van der Waals surface area contributed by atoms with Crippen molar-refractivity contribution in [3.8, 4) is 0 Å². The Labute approximate surface area is 89.6 Å². The van der Waals surface area contributed by atoms with E-state index in [2.05, 4.69) is 18.0 Å². The molecule has 1 heterocycles. The van der Waals surface area contributed by atoms with Crippen molar-refractivity contribution in [2.24, 2.45) is 0 Å². The van der Waals surface area contributed by atoms with Gasteiger partial charge in [-0.1, -0.05) is 11.6 Å². The summed E-state index contributed by atoms with van der Waals surface area (Å²) in [7, 11) is 0. The van der Waals surface area contributed by atoms with Gasteiger partial charge >= 0.3 is 0 Å². The first-order valence-corrected chi connectivity index (χ1v) is 4.30. The van der Waals surface area contributed by atoms with Gasteiger partial charge < -0.3 is 5.73 Å². The van der Waals surface area contributed by atoms with Crippen LogP contribution in [-0.2, 0) is 0 Å². The lowest BCUT2D eigenvalue weighted by atomic mass is 10.1. The van der Waals surface area contributed by atoms with E-state index in [0.717, 1.165) is 22.3 Å². The maximum absolute atomic E-state index is 5.89. The van der Waals surface area contributed by atoms with Crippen LogP contribution in [0.15, 0.2) is 24.3 Å². The van der Waals surface area contributed by atoms with Gasteiger partial charge in [-0.25, -0.2) is 0 Å². The Morgan fingerprint density at radius 2 is 1.86 bits per heavy atom. The number of hydrogen-bond donors (Lipinski definition) is 1. The number of nitrogens with two attached hydrogens (primary N) is 1. The number of rotatable bonds is 0. The summed E-state index contributed by atoms with van der Waals surface area (Å²) < 4.78 is 0. The molecule has 2 aromatic rings. The van der Waals surface area contributed by atoms with E-state index in [0.29, 0.717) is 0 Å². The van der Waals surface area contributed by atoms with Gasteiger partial charge in [-0.05, 0) is 32.0 Å². The van der Waals surface area contributed by atoms with Crippen LogP contribution in [0, 0.1) is 13.8 Å². The van der Waals surface area contributed by atoms with E-state index in [1.165, 1.54) is 5.56 Å². The third-order valence-corrected chi connectivity index (χ3v) is 2.12. The monoisotopic (exact) mass is 208 g/mol. The number of aromatic nitrogens is 1. The number of benzene rings is 1. The van der Waals surface area contributed by atoms with Crippen molar-refractivity contribution in [3.05, 3.63) is 35.5 Å². The molecule has 0 fully saturated rings. The van der Waals surface area contributed by atoms with Crippen LogP contribution in [0.25, 0.3) is 10.9 Å². The first kappa shape index (κ1) is 10.8. The summed E-state index contributed by atoms with van der Waals surface area (Å²) >= 11 is 0. The second kappa shape index (κ2) is 3.84. The molecular formula is C11H13ClN2. The summed E-state index contributed by atoms with van der Waals surface area (Å²) in [5.41, 5.74) is 9.85. The van der Waals surface area contributed by atoms with Crippen molar-refractivity contribution in [3.63, 3.8) is 0 Å². The normalized spacial score (nSPS) is 9.86. The zero-order valence-corrected chi connectivity index (χ0v) is 9.06. The first-order chi connectivity index (χ1) is 6.16. The van der Waals surface area contributed by atoms with Gasteiger partial charge in [-0.15, -0.1) is 12.4 Å². The van der Waals surface area contributed by atoms with Gasteiger partial charge in [0.05, 0.1) is 5.52 Å². The molecule has 0 aliphatic carbocycles. The molecule has 0 unspecified atom stereocenters. The van der Waals surface area contributed by atoms with Gasteiger partial charge in [0, 0.05) is 16.8 Å². The molecular weight excluding hydrogens is 196 g/mol. The van der Waals surface area contributed by atoms with Crippen molar-refractivity contribution >= 4 is 29.0 Å². The fraction of sp³-hybridized carbons (Fsp3) is 0.182. The van der Waals surface area contributed by atoms with Crippen LogP contribution in [0.5, 0.6) is 0 Å². The van der Waals surface area contributed by atoms with Gasteiger partial charge in [0.25, 0.3) is 0 Å². The molecule has 1 aromatic carbocycles. The van der Waals surface area contributed by atoms with Gasteiger partial charge in [0.1, 0.15) is 0 Å². The van der Waals surface area contributed by atoms with E-state index in [1.807, 2.05) is 25.1 Å². The highest BCUT2D eigenvalue weighted by Gasteiger charge is 2.00. The Kier molecular flexibility index (Phi) is 2.96. The van der Waals surface area contributed by atoms with Gasteiger partial charge in [-0.3, -0.25) is 4.98 Å². The van der Waals surface area contributed by atoms with Crippen LogP contribution in [-0.4, -0.2) is 4.98 Å². The number of nitrogens with zero attached hydrogens (tertiary/aromatic N) is 1. The molecule has 0 saturated heterocycles. The molecule has 0 bridgehead atoms. The molecule has 0 aliphatic rings. The van der Waals surface area contributed by atoms with Crippen molar-refractivity contribution in [1.29, 1.82) is 0 Å². The molecule has 0 atom stereocenters. The van der Waals surface area contributed by atoms with Gasteiger partial charge in [0.15, 0.2) is 0 Å². The summed E-state index contributed by atoms with van der Waals surface area (Å²) in [5.74, 6) is 0. The van der Waals surface area contributed by atoms with Gasteiger partial charge in [0.2, 0.25) is 0 Å². The summed E-state index contributed by atoms with van der Waals surface area (Å²) in [4.78, 5) is 4.40. The van der Waals surface area contributed by atoms with Crippen LogP contribution in [0.1, 0.15) is 11.3 Å². The zero-order valence-electron chi connectivity index (χ0n) is 8.24. The van der Waals surface area contributed by atoms with Crippen molar-refractivity contribution in [1.82, 2.24) is 4.98 Å². The predicted octanol–water partition coefficient (Wildman–Crippen LogP) is 2.86. The SMILES string of the molecule is Cc1ccc2nc(C)cc(N)c2c1.Cl. The van der Waals surface area contributed by atoms with Crippen LogP contribution in [0.2, 0.25) is 0 Å². The minimum absolute atomic E-state index is 0. The number of nitrogen functional groups attached to an aromatic ring is 1.